The summed E-state index contributed by atoms with van der Waals surface area (Å²) in [6, 6.07) is 6.41. The number of rotatable bonds is 8. The summed E-state index contributed by atoms with van der Waals surface area (Å²) < 4.78 is 18.5. The first kappa shape index (κ1) is 19.7. The van der Waals surface area contributed by atoms with Gasteiger partial charge in [0.1, 0.15) is 11.6 Å². The van der Waals surface area contributed by atoms with Crippen LogP contribution in [0.25, 0.3) is 0 Å². The summed E-state index contributed by atoms with van der Waals surface area (Å²) in [7, 11) is 0. The lowest BCUT2D eigenvalue weighted by atomic mass is 10.1. The number of benzene rings is 1. The molecule has 130 valence electrons. The van der Waals surface area contributed by atoms with Gasteiger partial charge in [-0.1, -0.05) is 13.0 Å². The summed E-state index contributed by atoms with van der Waals surface area (Å²) in [6.45, 7) is 5.22. The Morgan fingerprint density at radius 2 is 2.30 bits per heavy atom. The summed E-state index contributed by atoms with van der Waals surface area (Å²) in [4.78, 5) is 14.4. The molecule has 0 aromatic heterocycles. The fourth-order valence-corrected chi connectivity index (χ4v) is 2.77. The van der Waals surface area contributed by atoms with Crippen molar-refractivity contribution in [2.24, 2.45) is 0 Å². The van der Waals surface area contributed by atoms with Crippen molar-refractivity contribution in [3.05, 3.63) is 30.1 Å². The molecule has 6 heteroatoms. The van der Waals surface area contributed by atoms with Gasteiger partial charge in [-0.25, -0.2) is 4.39 Å². The van der Waals surface area contributed by atoms with Crippen molar-refractivity contribution in [2.75, 3.05) is 26.2 Å². The maximum atomic E-state index is 13.0. The van der Waals surface area contributed by atoms with Gasteiger partial charge in [0.15, 0.2) is 0 Å². The molecule has 23 heavy (non-hydrogen) atoms. The summed E-state index contributed by atoms with van der Waals surface area (Å²) >= 11 is 0. The molecule has 0 bridgehead atoms. The molecule has 1 aliphatic heterocycles. The molecule has 1 atom stereocenters. The zero-order valence-electron chi connectivity index (χ0n) is 13.6. The number of hydrogen-bond acceptors (Lipinski definition) is 3. The molecule has 0 saturated carbocycles. The van der Waals surface area contributed by atoms with Gasteiger partial charge in [0.25, 0.3) is 0 Å². The van der Waals surface area contributed by atoms with E-state index in [9.17, 15) is 9.18 Å². The molecule has 0 aliphatic carbocycles. The molecule has 4 nitrogen and oxygen atoms in total. The SMILES string of the molecule is CCCN(C(=O)CCCOc1cccc(F)c1)C1CCNC1.Cl. The molecule has 1 aliphatic rings. The highest BCUT2D eigenvalue weighted by molar-refractivity contribution is 5.85. The smallest absolute Gasteiger partial charge is 0.222 e. The highest BCUT2D eigenvalue weighted by Gasteiger charge is 2.25. The van der Waals surface area contributed by atoms with E-state index in [1.165, 1.54) is 12.1 Å². The molecule has 1 N–H and O–H groups in total. The van der Waals surface area contributed by atoms with Gasteiger partial charge in [0, 0.05) is 31.6 Å². The van der Waals surface area contributed by atoms with E-state index in [0.717, 1.165) is 32.5 Å². The number of ether oxygens (including phenoxy) is 1. The Hall–Kier alpha value is -1.33. The third-order valence-corrected chi connectivity index (χ3v) is 3.86. The van der Waals surface area contributed by atoms with Crippen molar-refractivity contribution in [1.82, 2.24) is 10.2 Å². The van der Waals surface area contributed by atoms with Gasteiger partial charge in [-0.3, -0.25) is 4.79 Å². The molecule has 1 unspecified atom stereocenters. The number of carbonyl (C=O) groups is 1. The first-order chi connectivity index (χ1) is 10.7. The van der Waals surface area contributed by atoms with Crippen LogP contribution < -0.4 is 10.1 Å². The molecule has 0 spiro atoms. The number of carbonyl (C=O) groups excluding carboxylic acids is 1. The molecule has 0 radical (unpaired) electrons. The zero-order chi connectivity index (χ0) is 15.8. The van der Waals surface area contributed by atoms with Gasteiger partial charge >= 0.3 is 0 Å². The second-order valence-corrected chi connectivity index (χ2v) is 5.64. The van der Waals surface area contributed by atoms with E-state index in [0.29, 0.717) is 31.2 Å². The maximum absolute atomic E-state index is 13.0. The Balaban J connectivity index is 0.00000264. The predicted octanol–water partition coefficient (Wildman–Crippen LogP) is 3.01. The van der Waals surface area contributed by atoms with E-state index < -0.39 is 0 Å². The summed E-state index contributed by atoms with van der Waals surface area (Å²) in [6.07, 6.45) is 3.13. The van der Waals surface area contributed by atoms with Crippen LogP contribution in [-0.4, -0.2) is 43.1 Å². The Morgan fingerprint density at radius 3 is 2.96 bits per heavy atom. The maximum Gasteiger partial charge on any atom is 0.222 e. The second kappa shape index (κ2) is 10.4. The topological polar surface area (TPSA) is 41.6 Å². The second-order valence-electron chi connectivity index (χ2n) is 5.64. The van der Waals surface area contributed by atoms with Crippen molar-refractivity contribution < 1.29 is 13.9 Å². The average molecular weight is 345 g/mol. The van der Waals surface area contributed by atoms with Crippen LogP contribution in [-0.2, 0) is 4.79 Å². The summed E-state index contributed by atoms with van der Waals surface area (Å²) in [5.41, 5.74) is 0. The molecule has 2 rings (SSSR count). The molecule has 1 aromatic carbocycles. The molecule has 1 aromatic rings. The van der Waals surface area contributed by atoms with E-state index in [2.05, 4.69) is 12.2 Å². The molecule has 1 amide bonds. The Kier molecular flexibility index (Phi) is 8.95. The van der Waals surface area contributed by atoms with Crippen molar-refractivity contribution in [2.45, 2.75) is 38.6 Å². The standard InChI is InChI=1S/C17H25FN2O2.ClH/c1-2-10-20(15-8-9-19-13-15)17(21)7-4-11-22-16-6-3-5-14(18)12-16;/h3,5-6,12,15,19H,2,4,7-11,13H2,1H3;1H. The lowest BCUT2D eigenvalue weighted by Gasteiger charge is -2.28. The third-order valence-electron chi connectivity index (χ3n) is 3.86. The van der Waals surface area contributed by atoms with Crippen LogP contribution in [0, 0.1) is 5.82 Å². The number of hydrogen-bond donors (Lipinski definition) is 1. The lowest BCUT2D eigenvalue weighted by Crippen LogP contribution is -2.42. The van der Waals surface area contributed by atoms with Crippen LogP contribution in [0.1, 0.15) is 32.6 Å². The highest BCUT2D eigenvalue weighted by atomic mass is 35.5. The Labute approximate surface area is 143 Å². The minimum Gasteiger partial charge on any atom is -0.493 e. The molecular weight excluding hydrogens is 319 g/mol. The largest absolute Gasteiger partial charge is 0.493 e. The molecule has 1 saturated heterocycles. The van der Waals surface area contributed by atoms with E-state index in [1.807, 2.05) is 4.90 Å². The molecule has 1 fully saturated rings. The Morgan fingerprint density at radius 1 is 1.48 bits per heavy atom. The summed E-state index contributed by atoms with van der Waals surface area (Å²) in [5.74, 6) is 0.396. The van der Waals surface area contributed by atoms with Gasteiger partial charge in [-0.2, -0.15) is 0 Å². The van der Waals surface area contributed by atoms with Crippen LogP contribution in [0.15, 0.2) is 24.3 Å². The van der Waals surface area contributed by atoms with Crippen molar-refractivity contribution in [3.8, 4) is 5.75 Å². The van der Waals surface area contributed by atoms with Gasteiger partial charge in [0.05, 0.1) is 6.61 Å². The van der Waals surface area contributed by atoms with Crippen LogP contribution >= 0.6 is 12.4 Å². The molecular formula is C17H26ClFN2O2. The van der Waals surface area contributed by atoms with Gasteiger partial charge in [-0.05, 0) is 37.9 Å². The minimum atomic E-state index is -0.309. The fourth-order valence-electron chi connectivity index (χ4n) is 2.77. The first-order valence-corrected chi connectivity index (χ1v) is 8.09. The van der Waals surface area contributed by atoms with Crippen LogP contribution in [0.4, 0.5) is 4.39 Å². The Bertz CT molecular complexity index is 481. The van der Waals surface area contributed by atoms with Crippen LogP contribution in [0.3, 0.4) is 0 Å². The number of amides is 1. The fraction of sp³-hybridized carbons (Fsp3) is 0.588. The van der Waals surface area contributed by atoms with Crippen LogP contribution in [0.2, 0.25) is 0 Å². The monoisotopic (exact) mass is 344 g/mol. The number of halogens is 2. The summed E-state index contributed by atoms with van der Waals surface area (Å²) in [5, 5.41) is 3.31. The van der Waals surface area contributed by atoms with Crippen molar-refractivity contribution in [1.29, 1.82) is 0 Å². The van der Waals surface area contributed by atoms with E-state index in [-0.39, 0.29) is 24.1 Å². The highest BCUT2D eigenvalue weighted by Crippen LogP contribution is 2.14. The van der Waals surface area contributed by atoms with Crippen molar-refractivity contribution in [3.63, 3.8) is 0 Å². The van der Waals surface area contributed by atoms with Gasteiger partial charge in [-0.15, -0.1) is 12.4 Å². The average Bonchev–Trinajstić information content (AvgIpc) is 3.03. The molecule has 1 heterocycles. The first-order valence-electron chi connectivity index (χ1n) is 8.09. The quantitative estimate of drug-likeness (QED) is 0.737. The van der Waals surface area contributed by atoms with E-state index in [4.69, 9.17) is 4.74 Å². The van der Waals surface area contributed by atoms with Gasteiger partial charge in [0.2, 0.25) is 5.91 Å². The zero-order valence-corrected chi connectivity index (χ0v) is 14.4. The minimum absolute atomic E-state index is 0. The number of nitrogens with zero attached hydrogens (tertiary/aromatic N) is 1. The van der Waals surface area contributed by atoms with E-state index >= 15 is 0 Å². The third kappa shape index (κ3) is 6.36. The number of nitrogens with one attached hydrogen (secondary N) is 1. The van der Waals surface area contributed by atoms with E-state index in [1.54, 1.807) is 12.1 Å². The lowest BCUT2D eigenvalue weighted by molar-refractivity contribution is -0.133. The predicted molar refractivity (Wildman–Crippen MR) is 91.7 cm³/mol. The normalized spacial score (nSPS) is 16.7. The van der Waals surface area contributed by atoms with Gasteiger partial charge < -0.3 is 15.0 Å². The van der Waals surface area contributed by atoms with Crippen molar-refractivity contribution >= 4 is 18.3 Å². The van der Waals surface area contributed by atoms with Crippen LogP contribution in [0.5, 0.6) is 5.75 Å².